The molecule has 5 N–H and O–H groups in total. The molecule has 3 heterocycles. The van der Waals surface area contributed by atoms with Crippen LogP contribution >= 0.6 is 7.82 Å². The van der Waals surface area contributed by atoms with Gasteiger partial charge in [0.2, 0.25) is 0 Å². The predicted molar refractivity (Wildman–Crippen MR) is 208 cm³/mol. The Morgan fingerprint density at radius 3 is 2.02 bits per heavy atom. The highest BCUT2D eigenvalue weighted by molar-refractivity contribution is 7.47. The highest BCUT2D eigenvalue weighted by Gasteiger charge is 2.54. The molecule has 1 unspecified atom stereocenters. The topological polar surface area (TPSA) is 171 Å². The van der Waals surface area contributed by atoms with E-state index in [0.29, 0.717) is 23.4 Å². The van der Waals surface area contributed by atoms with Crippen molar-refractivity contribution >= 4 is 19.2 Å². The molecule has 4 rings (SSSR count). The zero-order valence-electron chi connectivity index (χ0n) is 32.0. The van der Waals surface area contributed by atoms with Crippen LogP contribution in [0.3, 0.4) is 0 Å². The molecule has 1 aromatic carbocycles. The number of hydrogen-bond acceptors (Lipinski definition) is 10. The monoisotopic (exact) mass is 760 g/mol. The molecule has 0 spiro atoms. The van der Waals surface area contributed by atoms with Gasteiger partial charge < -0.3 is 30.3 Å². The Bertz CT molecular complexity index is 1500. The van der Waals surface area contributed by atoms with Crippen LogP contribution in [0.1, 0.15) is 142 Å². The number of unbranched alkanes of at least 4 members (excludes halogenated alkanes) is 17. The van der Waals surface area contributed by atoms with E-state index < -0.39 is 44.4 Å². The van der Waals surface area contributed by atoms with Crippen molar-refractivity contribution in [3.8, 4) is 5.75 Å². The van der Waals surface area contributed by atoms with Gasteiger partial charge in [-0.1, -0.05) is 141 Å². The zero-order chi connectivity index (χ0) is 37.9. The summed E-state index contributed by atoms with van der Waals surface area (Å²) in [6.45, 7) is 3.45. The number of benzene rings is 1. The number of aliphatic hydroxyl groups is 2. The van der Waals surface area contributed by atoms with Gasteiger partial charge in [-0.05, 0) is 37.6 Å². The van der Waals surface area contributed by atoms with E-state index in [4.69, 9.17) is 24.3 Å². The summed E-state index contributed by atoms with van der Waals surface area (Å²) in [6, 6.07) is 12.6. The van der Waals surface area contributed by atoms with E-state index in [2.05, 4.69) is 17.0 Å². The Hall–Kier alpha value is -2.57. The van der Waals surface area contributed by atoms with Crippen LogP contribution in [-0.4, -0.2) is 67.3 Å². The number of rotatable bonds is 28. The van der Waals surface area contributed by atoms with Crippen LogP contribution in [0.5, 0.6) is 5.75 Å². The van der Waals surface area contributed by atoms with Crippen molar-refractivity contribution in [3.63, 3.8) is 0 Å². The van der Waals surface area contributed by atoms with Gasteiger partial charge in [-0.3, -0.25) is 9.05 Å². The largest absolute Gasteiger partial charge is 0.491 e. The number of nitrogens with two attached hydrogens (primary N) is 1. The quantitative estimate of drug-likeness (QED) is 0.0412. The summed E-state index contributed by atoms with van der Waals surface area (Å²) in [4.78, 5) is 14.7. The van der Waals surface area contributed by atoms with E-state index in [0.717, 1.165) is 19.3 Å². The fourth-order valence-electron chi connectivity index (χ4n) is 7.19. The van der Waals surface area contributed by atoms with Crippen molar-refractivity contribution < 1.29 is 38.2 Å². The number of ether oxygens (including phenoxy) is 2. The van der Waals surface area contributed by atoms with Crippen molar-refractivity contribution in [2.75, 3.05) is 18.9 Å². The molecule has 2 aromatic heterocycles. The van der Waals surface area contributed by atoms with Crippen LogP contribution in [-0.2, 0) is 24.0 Å². The Balaban J connectivity index is 1.15. The van der Waals surface area contributed by atoms with Gasteiger partial charge in [0.05, 0.1) is 12.3 Å². The smallest absolute Gasteiger partial charge is 0.472 e. The average Bonchev–Trinajstić information content (AvgIpc) is 3.69. The second-order valence-electron chi connectivity index (χ2n) is 14.8. The number of hydrogen-bond donors (Lipinski definition) is 4. The number of phosphoric ester groups is 1. The Kier molecular flexibility index (Phi) is 18.5. The molecular weight excluding hydrogens is 695 g/mol. The van der Waals surface area contributed by atoms with E-state index >= 15 is 0 Å². The molecule has 3 aromatic rings. The van der Waals surface area contributed by atoms with Crippen LogP contribution < -0.4 is 10.5 Å². The molecule has 298 valence electrons. The normalized spacial score (nSPS) is 21.9. The number of nitrogen functional groups attached to an aromatic ring is 1. The lowest BCUT2D eigenvalue weighted by atomic mass is 9.93. The fraction of sp³-hybridized carbons (Fsp3) is 0.700. The predicted octanol–water partition coefficient (Wildman–Crippen LogP) is 8.66. The van der Waals surface area contributed by atoms with Crippen LogP contribution in [0, 0.1) is 0 Å². The minimum Gasteiger partial charge on any atom is -0.491 e. The number of anilines is 1. The van der Waals surface area contributed by atoms with Crippen molar-refractivity contribution in [1.29, 1.82) is 0 Å². The summed E-state index contributed by atoms with van der Waals surface area (Å²) < 4.78 is 37.6. The zero-order valence-corrected chi connectivity index (χ0v) is 32.9. The van der Waals surface area contributed by atoms with Gasteiger partial charge in [-0.25, -0.2) is 14.1 Å². The van der Waals surface area contributed by atoms with E-state index in [1.807, 2.05) is 30.3 Å². The molecule has 0 bridgehead atoms. The second-order valence-corrected chi connectivity index (χ2v) is 16.2. The molecule has 53 heavy (non-hydrogen) atoms. The van der Waals surface area contributed by atoms with Gasteiger partial charge in [0.15, 0.2) is 5.82 Å². The van der Waals surface area contributed by atoms with Gasteiger partial charge in [-0.15, -0.1) is 0 Å². The maximum absolute atomic E-state index is 13.2. The van der Waals surface area contributed by atoms with Crippen molar-refractivity contribution in [1.82, 2.24) is 14.6 Å². The third-order valence-electron chi connectivity index (χ3n) is 10.4. The molecule has 0 amide bonds. The molecule has 12 nitrogen and oxygen atoms in total. The maximum atomic E-state index is 13.2. The molecule has 6 atom stereocenters. The molecular formula is C40H65N4O8P. The number of aliphatic hydroxyl groups excluding tert-OH is 2. The first-order valence-corrected chi connectivity index (χ1v) is 21.6. The van der Waals surface area contributed by atoms with E-state index in [1.165, 1.54) is 107 Å². The minimum atomic E-state index is -4.61. The Morgan fingerprint density at radius 2 is 1.43 bits per heavy atom. The molecule has 0 aliphatic carbocycles. The van der Waals surface area contributed by atoms with Crippen molar-refractivity contribution in [2.45, 2.75) is 166 Å². The number of fused-ring (bicyclic) bond motifs is 1. The third-order valence-corrected chi connectivity index (χ3v) is 11.4. The first-order valence-electron chi connectivity index (χ1n) is 20.1. The van der Waals surface area contributed by atoms with Crippen molar-refractivity contribution in [2.24, 2.45) is 0 Å². The summed E-state index contributed by atoms with van der Waals surface area (Å²) in [5, 5.41) is 26.1. The number of phosphoric acid groups is 1. The lowest BCUT2D eigenvalue weighted by Gasteiger charge is -2.27. The van der Waals surface area contributed by atoms with Gasteiger partial charge in [0.25, 0.3) is 0 Å². The third kappa shape index (κ3) is 13.9. The SMILES string of the molecule is CCCCCCCCCCCCCCCCCCCC[C@H](COc1ccccc1)OP(=O)(O)OC[C@H]1O[C@@](C)(c2ccc3c(N)ncnn23)[C@H](O)[C@@H]1O. The molecule has 1 aliphatic heterocycles. The van der Waals surface area contributed by atoms with Crippen LogP contribution in [0.4, 0.5) is 5.82 Å². The number of nitrogens with zero attached hydrogens (tertiary/aromatic N) is 3. The summed E-state index contributed by atoms with van der Waals surface area (Å²) in [6.07, 6.45) is 20.2. The van der Waals surface area contributed by atoms with Gasteiger partial charge in [0, 0.05) is 0 Å². The summed E-state index contributed by atoms with van der Waals surface area (Å²) in [5.41, 5.74) is 5.49. The fourth-order valence-corrected chi connectivity index (χ4v) is 8.13. The van der Waals surface area contributed by atoms with Gasteiger partial charge in [-0.2, -0.15) is 5.10 Å². The second kappa shape index (κ2) is 22.7. The van der Waals surface area contributed by atoms with E-state index in [-0.39, 0.29) is 12.4 Å². The van der Waals surface area contributed by atoms with Gasteiger partial charge >= 0.3 is 7.82 Å². The van der Waals surface area contributed by atoms with Crippen molar-refractivity contribution in [3.05, 3.63) is 54.5 Å². The van der Waals surface area contributed by atoms with E-state index in [9.17, 15) is 19.7 Å². The lowest BCUT2D eigenvalue weighted by Crippen LogP contribution is -2.39. The van der Waals surface area contributed by atoms with Crippen LogP contribution in [0.15, 0.2) is 48.8 Å². The standard InChI is InChI=1S/C40H65N4O8P/c1-3-4-5-6-7-8-9-10-11-12-13-14-15-16-17-18-19-21-26-33(29-49-32-24-22-20-23-25-32)52-53(47,48)50-30-35-37(45)38(46)40(2,51-35)36-28-27-34-39(41)42-31-43-44(34)36/h20,22-25,27-28,31,33,35,37-38,45-46H,3-19,21,26,29-30H2,1-2H3,(H,47,48)(H2,41,42,43)/t33-,35-,37-,38-,40+/m1/s1. The molecule has 1 aliphatic rings. The maximum Gasteiger partial charge on any atom is 0.472 e. The minimum absolute atomic E-state index is 0.0719. The Labute approximate surface area is 316 Å². The first kappa shape index (κ1) is 43.2. The van der Waals surface area contributed by atoms with E-state index in [1.54, 1.807) is 19.1 Å². The Morgan fingerprint density at radius 1 is 0.868 bits per heavy atom. The summed E-state index contributed by atoms with van der Waals surface area (Å²) >= 11 is 0. The average molecular weight is 761 g/mol. The molecule has 13 heteroatoms. The highest BCUT2D eigenvalue weighted by Crippen LogP contribution is 2.47. The molecule has 0 saturated carbocycles. The molecule has 1 saturated heterocycles. The van der Waals surface area contributed by atoms with Gasteiger partial charge in [0.1, 0.15) is 54.2 Å². The molecule has 1 fully saturated rings. The van der Waals surface area contributed by atoms with Crippen LogP contribution in [0.2, 0.25) is 0 Å². The lowest BCUT2D eigenvalue weighted by molar-refractivity contribution is -0.0895. The number of para-hydroxylation sites is 1. The summed E-state index contributed by atoms with van der Waals surface area (Å²) in [5.74, 6) is 0.880. The number of aromatic nitrogens is 3. The van der Waals surface area contributed by atoms with Crippen LogP contribution in [0.25, 0.3) is 5.52 Å². The molecule has 0 radical (unpaired) electrons. The summed E-state index contributed by atoms with van der Waals surface area (Å²) in [7, 11) is -4.61. The first-order chi connectivity index (χ1) is 25.6. The highest BCUT2D eigenvalue weighted by atomic mass is 31.2.